The molecule has 2 unspecified atom stereocenters. The van der Waals surface area contributed by atoms with E-state index < -0.39 is 14.6 Å². The summed E-state index contributed by atoms with van der Waals surface area (Å²) < 4.78 is 27.8. The van der Waals surface area contributed by atoms with E-state index in [1.54, 1.807) is 13.8 Å². The van der Waals surface area contributed by atoms with Gasteiger partial charge in [-0.2, -0.15) is 0 Å². The second-order valence-electron chi connectivity index (χ2n) is 5.78. The predicted octanol–water partition coefficient (Wildman–Crippen LogP) is 0.166. The van der Waals surface area contributed by atoms with Crippen LogP contribution in [0.3, 0.4) is 0 Å². The summed E-state index contributed by atoms with van der Waals surface area (Å²) in [7, 11) is -3.03. The second kappa shape index (κ2) is 6.32. The van der Waals surface area contributed by atoms with Crippen molar-refractivity contribution >= 4 is 9.84 Å². The van der Waals surface area contributed by atoms with Gasteiger partial charge in [0, 0.05) is 31.4 Å². The van der Waals surface area contributed by atoms with Gasteiger partial charge in [-0.15, -0.1) is 0 Å². The first-order valence-corrected chi connectivity index (χ1v) is 8.35. The van der Waals surface area contributed by atoms with Crippen molar-refractivity contribution in [2.24, 2.45) is 0 Å². The van der Waals surface area contributed by atoms with Crippen LogP contribution >= 0.6 is 0 Å². The van der Waals surface area contributed by atoms with Crippen molar-refractivity contribution in [3.05, 3.63) is 0 Å². The third-order valence-electron chi connectivity index (χ3n) is 3.52. The Labute approximate surface area is 111 Å². The number of ether oxygens (including phenoxy) is 1. The van der Waals surface area contributed by atoms with E-state index in [0.717, 1.165) is 26.2 Å². The Bertz CT molecular complexity index is 348. The topological polar surface area (TPSA) is 67.4 Å². The zero-order valence-electron chi connectivity index (χ0n) is 11.8. The van der Waals surface area contributed by atoms with E-state index in [0.29, 0.717) is 12.6 Å². The summed E-state index contributed by atoms with van der Waals surface area (Å²) in [6.07, 6.45) is 2.23. The molecule has 1 heterocycles. The van der Waals surface area contributed by atoms with E-state index in [2.05, 4.69) is 17.6 Å². The van der Waals surface area contributed by atoms with Crippen molar-refractivity contribution in [1.29, 1.82) is 0 Å². The molecule has 18 heavy (non-hydrogen) atoms. The zero-order chi connectivity index (χ0) is 13.8. The number of sulfone groups is 1. The molecular formula is C12H26N2O3S. The van der Waals surface area contributed by atoms with E-state index in [1.165, 1.54) is 6.26 Å². The standard InChI is InChI=1S/C12H26N2O3S/c1-10(7-11-8-17-6-5-13-11)14-9-12(2,3)18(4,15)16/h10-11,13-14H,5-9H2,1-4H3. The normalized spacial score (nSPS) is 23.9. The summed E-state index contributed by atoms with van der Waals surface area (Å²) in [4.78, 5) is 0. The molecule has 0 aliphatic carbocycles. The van der Waals surface area contributed by atoms with Gasteiger partial charge in [0.15, 0.2) is 9.84 Å². The zero-order valence-corrected chi connectivity index (χ0v) is 12.6. The van der Waals surface area contributed by atoms with Crippen LogP contribution in [0.15, 0.2) is 0 Å². The van der Waals surface area contributed by atoms with Gasteiger partial charge in [-0.05, 0) is 27.2 Å². The number of hydrogen-bond donors (Lipinski definition) is 2. The number of rotatable bonds is 6. The highest BCUT2D eigenvalue weighted by molar-refractivity contribution is 7.92. The molecule has 1 rings (SSSR count). The minimum Gasteiger partial charge on any atom is -0.379 e. The van der Waals surface area contributed by atoms with Gasteiger partial charge in [-0.3, -0.25) is 0 Å². The monoisotopic (exact) mass is 278 g/mol. The van der Waals surface area contributed by atoms with Gasteiger partial charge in [0.1, 0.15) is 0 Å². The first-order valence-electron chi connectivity index (χ1n) is 6.46. The molecule has 2 atom stereocenters. The Balaban J connectivity index is 2.34. The van der Waals surface area contributed by atoms with E-state index in [9.17, 15) is 8.42 Å². The highest BCUT2D eigenvalue weighted by Crippen LogP contribution is 2.14. The maximum atomic E-state index is 11.6. The summed E-state index contributed by atoms with van der Waals surface area (Å²) in [5.74, 6) is 0. The first kappa shape index (κ1) is 15.9. The van der Waals surface area contributed by atoms with E-state index in [1.807, 2.05) is 0 Å². The number of nitrogens with one attached hydrogen (secondary N) is 2. The fourth-order valence-corrected chi connectivity index (χ4v) is 2.18. The molecular weight excluding hydrogens is 252 g/mol. The molecule has 0 aromatic heterocycles. The average molecular weight is 278 g/mol. The molecule has 1 aliphatic rings. The van der Waals surface area contributed by atoms with E-state index in [-0.39, 0.29) is 6.04 Å². The Morgan fingerprint density at radius 1 is 1.50 bits per heavy atom. The van der Waals surface area contributed by atoms with Crippen LogP contribution in [0.2, 0.25) is 0 Å². The minimum atomic E-state index is -3.03. The largest absolute Gasteiger partial charge is 0.379 e. The van der Waals surface area contributed by atoms with Crippen molar-refractivity contribution < 1.29 is 13.2 Å². The molecule has 1 saturated heterocycles. The Morgan fingerprint density at radius 2 is 2.17 bits per heavy atom. The average Bonchev–Trinajstić information content (AvgIpc) is 2.26. The number of hydrogen-bond acceptors (Lipinski definition) is 5. The van der Waals surface area contributed by atoms with Gasteiger partial charge in [-0.1, -0.05) is 0 Å². The van der Waals surface area contributed by atoms with Gasteiger partial charge < -0.3 is 15.4 Å². The van der Waals surface area contributed by atoms with Crippen LogP contribution in [0.4, 0.5) is 0 Å². The summed E-state index contributed by atoms with van der Waals surface area (Å²) in [5.41, 5.74) is 0. The van der Waals surface area contributed by atoms with E-state index in [4.69, 9.17) is 4.74 Å². The van der Waals surface area contributed by atoms with Crippen molar-refractivity contribution in [2.75, 3.05) is 32.6 Å². The molecule has 0 aromatic carbocycles. The van der Waals surface area contributed by atoms with Crippen LogP contribution in [0.25, 0.3) is 0 Å². The fourth-order valence-electron chi connectivity index (χ4n) is 1.83. The molecule has 0 bridgehead atoms. The van der Waals surface area contributed by atoms with Gasteiger partial charge >= 0.3 is 0 Å². The lowest BCUT2D eigenvalue weighted by Gasteiger charge is -2.29. The molecule has 6 heteroatoms. The SMILES string of the molecule is CC(CC1COCCN1)NCC(C)(C)S(C)(=O)=O. The molecule has 0 saturated carbocycles. The predicted molar refractivity (Wildman–Crippen MR) is 73.6 cm³/mol. The smallest absolute Gasteiger partial charge is 0.153 e. The van der Waals surface area contributed by atoms with Crippen LogP contribution in [-0.2, 0) is 14.6 Å². The lowest BCUT2D eigenvalue weighted by atomic mass is 10.1. The van der Waals surface area contributed by atoms with Gasteiger partial charge in [0.05, 0.1) is 18.0 Å². The van der Waals surface area contributed by atoms with Crippen LogP contribution < -0.4 is 10.6 Å². The van der Waals surface area contributed by atoms with Crippen molar-refractivity contribution in [3.8, 4) is 0 Å². The lowest BCUT2D eigenvalue weighted by Crippen LogP contribution is -2.48. The molecule has 0 spiro atoms. The highest BCUT2D eigenvalue weighted by Gasteiger charge is 2.30. The third-order valence-corrected chi connectivity index (χ3v) is 5.67. The van der Waals surface area contributed by atoms with Gasteiger partial charge in [0.25, 0.3) is 0 Å². The summed E-state index contributed by atoms with van der Waals surface area (Å²) in [6.45, 7) is 8.47. The molecule has 5 nitrogen and oxygen atoms in total. The molecule has 108 valence electrons. The van der Waals surface area contributed by atoms with Crippen LogP contribution in [0.1, 0.15) is 27.2 Å². The van der Waals surface area contributed by atoms with Crippen molar-refractivity contribution in [2.45, 2.75) is 44.0 Å². The van der Waals surface area contributed by atoms with Crippen molar-refractivity contribution in [3.63, 3.8) is 0 Å². The third kappa shape index (κ3) is 4.84. The summed E-state index contributed by atoms with van der Waals surface area (Å²) in [6, 6.07) is 0.632. The van der Waals surface area contributed by atoms with Crippen molar-refractivity contribution in [1.82, 2.24) is 10.6 Å². The Hall–Kier alpha value is -0.170. The van der Waals surface area contributed by atoms with Gasteiger partial charge in [0.2, 0.25) is 0 Å². The molecule has 0 amide bonds. The molecule has 1 fully saturated rings. The van der Waals surface area contributed by atoms with Gasteiger partial charge in [-0.25, -0.2) is 8.42 Å². The van der Waals surface area contributed by atoms with Crippen LogP contribution in [0, 0.1) is 0 Å². The second-order valence-corrected chi connectivity index (χ2v) is 8.42. The Kier molecular flexibility index (Phi) is 5.58. The molecule has 0 aromatic rings. The maximum Gasteiger partial charge on any atom is 0.153 e. The van der Waals surface area contributed by atoms with Crippen LogP contribution in [-0.4, -0.2) is 57.8 Å². The molecule has 1 aliphatic heterocycles. The Morgan fingerprint density at radius 3 is 2.67 bits per heavy atom. The van der Waals surface area contributed by atoms with Crippen LogP contribution in [0.5, 0.6) is 0 Å². The van der Waals surface area contributed by atoms with E-state index >= 15 is 0 Å². The minimum absolute atomic E-state index is 0.269. The quantitative estimate of drug-likeness (QED) is 0.725. The summed E-state index contributed by atoms with van der Waals surface area (Å²) in [5, 5.41) is 6.70. The molecule has 2 N–H and O–H groups in total. The lowest BCUT2D eigenvalue weighted by molar-refractivity contribution is 0.0712. The fraction of sp³-hybridized carbons (Fsp3) is 1.00. The maximum absolute atomic E-state index is 11.6. The number of morpholine rings is 1. The first-order chi connectivity index (χ1) is 8.22. The highest BCUT2D eigenvalue weighted by atomic mass is 32.2. The summed E-state index contributed by atoms with van der Waals surface area (Å²) >= 11 is 0. The molecule has 0 radical (unpaired) electrons.